The minimum atomic E-state index is -1.25. The van der Waals surface area contributed by atoms with Crippen LogP contribution in [0.2, 0.25) is 0 Å². The summed E-state index contributed by atoms with van der Waals surface area (Å²) >= 11 is 0. The molecule has 70 heavy (non-hydrogen) atoms. The van der Waals surface area contributed by atoms with Crippen LogP contribution in [0.1, 0.15) is 335 Å². The maximum Gasteiger partial charge on any atom is 0.305 e. The average Bonchev–Trinajstić information content (AvgIpc) is 3.35. The Morgan fingerprint density at radius 2 is 0.486 bits per heavy atom. The maximum atomic E-state index is 13.1. The molecule has 0 amide bonds. The second kappa shape index (κ2) is 54.6. The van der Waals surface area contributed by atoms with Crippen LogP contribution in [0.4, 0.5) is 0 Å². The number of rotatable bonds is 58. The van der Waals surface area contributed by atoms with Crippen LogP contribution < -0.4 is 5.32 Å². The number of aliphatic carboxylic acids is 1. The first-order valence-electron chi connectivity index (χ1n) is 30.7. The third kappa shape index (κ3) is 50.8. The third-order valence-corrected chi connectivity index (χ3v) is 14.3. The van der Waals surface area contributed by atoms with Gasteiger partial charge in [-0.15, -0.1) is 0 Å². The van der Waals surface area contributed by atoms with Gasteiger partial charge in [-0.25, -0.2) is 0 Å². The van der Waals surface area contributed by atoms with Crippen molar-refractivity contribution in [3.05, 3.63) is 0 Å². The van der Waals surface area contributed by atoms with Crippen LogP contribution in [0.5, 0.6) is 0 Å². The summed E-state index contributed by atoms with van der Waals surface area (Å²) in [6.07, 6.45) is 56.7. The number of carbonyl (C=O) groups is 4. The van der Waals surface area contributed by atoms with Gasteiger partial charge >= 0.3 is 23.9 Å². The fourth-order valence-electron chi connectivity index (χ4n) is 9.51. The highest BCUT2D eigenvalue weighted by atomic mass is 16.6. The summed E-state index contributed by atoms with van der Waals surface area (Å²) in [4.78, 5) is 50.7. The SMILES string of the molecule is CCCCCCCCCCCCCCCCCC(=O)OCC(COC(=O)CCCCCCCCCCCCCCCCC)(COC(=O)CCCCCCCCCCCCCCCCC)NCCC(=O)O. The molecular weight excluding hydrogens is 875 g/mol. The van der Waals surface area contributed by atoms with Crippen LogP contribution in [0, 0.1) is 0 Å². The van der Waals surface area contributed by atoms with E-state index in [1.165, 1.54) is 231 Å². The van der Waals surface area contributed by atoms with Crippen molar-refractivity contribution in [2.45, 2.75) is 341 Å². The van der Waals surface area contributed by atoms with Crippen molar-refractivity contribution >= 4 is 23.9 Å². The molecule has 0 spiro atoms. The van der Waals surface area contributed by atoms with Crippen molar-refractivity contribution < 1.29 is 38.5 Å². The van der Waals surface area contributed by atoms with Gasteiger partial charge in [0.1, 0.15) is 25.4 Å². The van der Waals surface area contributed by atoms with E-state index in [0.29, 0.717) is 0 Å². The summed E-state index contributed by atoms with van der Waals surface area (Å²) in [6, 6.07) is 0. The molecule has 9 nitrogen and oxygen atoms in total. The van der Waals surface area contributed by atoms with Crippen molar-refractivity contribution in [3.8, 4) is 0 Å². The van der Waals surface area contributed by atoms with Gasteiger partial charge in [-0.3, -0.25) is 19.2 Å². The minimum absolute atomic E-state index is 0.0408. The van der Waals surface area contributed by atoms with Gasteiger partial charge in [0.2, 0.25) is 0 Å². The summed E-state index contributed by atoms with van der Waals surface area (Å²) in [5.74, 6) is -2.05. The van der Waals surface area contributed by atoms with Crippen molar-refractivity contribution in [3.63, 3.8) is 0 Å². The summed E-state index contributed by atoms with van der Waals surface area (Å²) in [5.41, 5.74) is -1.25. The Bertz CT molecular complexity index is 1020. The lowest BCUT2D eigenvalue weighted by atomic mass is 10.0. The Balaban J connectivity index is 4.90. The third-order valence-electron chi connectivity index (χ3n) is 14.3. The molecule has 414 valence electrons. The standard InChI is InChI=1S/C61H117NO8/c1-4-7-10-13-16-19-22-25-28-31-34-37-40-43-46-49-58(65)68-54-61(62-53-52-57(63)64,55-69-59(66)50-47-44-41-38-35-32-29-26-23-20-17-14-11-8-5-2)56-70-60(67)51-48-45-42-39-36-33-30-27-24-21-18-15-12-9-6-3/h62H,4-56H2,1-3H3,(H,63,64). The number of ether oxygens (including phenoxy) is 3. The largest absolute Gasteiger partial charge is 0.481 e. The number of esters is 3. The number of carboxylic acids is 1. The zero-order valence-electron chi connectivity index (χ0n) is 46.8. The Kier molecular flexibility index (Phi) is 52.9. The van der Waals surface area contributed by atoms with Gasteiger partial charge in [0, 0.05) is 25.8 Å². The van der Waals surface area contributed by atoms with E-state index in [4.69, 9.17) is 14.2 Å². The van der Waals surface area contributed by atoms with E-state index in [1.54, 1.807) is 0 Å². The molecule has 0 radical (unpaired) electrons. The number of unbranched alkanes of at least 4 members (excludes halogenated alkanes) is 42. The smallest absolute Gasteiger partial charge is 0.305 e. The molecule has 0 aromatic heterocycles. The monoisotopic (exact) mass is 992 g/mol. The molecular formula is C61H117NO8. The zero-order chi connectivity index (χ0) is 51.1. The Morgan fingerprint density at radius 1 is 0.300 bits per heavy atom. The molecule has 0 saturated heterocycles. The Labute approximate surface area is 433 Å². The second-order valence-electron chi connectivity index (χ2n) is 21.4. The predicted molar refractivity (Wildman–Crippen MR) is 295 cm³/mol. The molecule has 0 unspecified atom stereocenters. The van der Waals surface area contributed by atoms with E-state index in [0.717, 1.165) is 57.8 Å². The minimum Gasteiger partial charge on any atom is -0.481 e. The molecule has 0 bridgehead atoms. The summed E-state index contributed by atoms with van der Waals surface area (Å²) in [6.45, 7) is 6.26. The molecule has 0 aromatic rings. The predicted octanol–water partition coefficient (Wildman–Crippen LogP) is 18.2. The van der Waals surface area contributed by atoms with E-state index in [1.807, 2.05) is 0 Å². The van der Waals surface area contributed by atoms with Crippen molar-refractivity contribution in [1.29, 1.82) is 0 Å². The quantitative estimate of drug-likeness (QED) is 0.0348. The van der Waals surface area contributed by atoms with Crippen molar-refractivity contribution in [2.24, 2.45) is 0 Å². The Morgan fingerprint density at radius 3 is 0.671 bits per heavy atom. The van der Waals surface area contributed by atoms with E-state index in [-0.39, 0.29) is 70.0 Å². The highest BCUT2D eigenvalue weighted by molar-refractivity contribution is 5.70. The van der Waals surface area contributed by atoms with Gasteiger partial charge in [0.05, 0.1) is 6.42 Å². The zero-order valence-corrected chi connectivity index (χ0v) is 46.8. The number of carbonyl (C=O) groups excluding carboxylic acids is 3. The Hall–Kier alpha value is -2.16. The molecule has 0 saturated carbocycles. The van der Waals surface area contributed by atoms with Gasteiger partial charge in [0.15, 0.2) is 0 Å². The summed E-state index contributed by atoms with van der Waals surface area (Å²) in [5, 5.41) is 12.6. The first-order valence-corrected chi connectivity index (χ1v) is 30.7. The molecule has 0 heterocycles. The highest BCUT2D eigenvalue weighted by Crippen LogP contribution is 2.19. The molecule has 9 heteroatoms. The maximum absolute atomic E-state index is 13.1. The van der Waals surface area contributed by atoms with Crippen LogP contribution in [0.15, 0.2) is 0 Å². The van der Waals surface area contributed by atoms with Crippen LogP contribution in [-0.2, 0) is 33.4 Å². The van der Waals surface area contributed by atoms with Crippen molar-refractivity contribution in [2.75, 3.05) is 26.4 Å². The normalized spacial score (nSPS) is 11.6. The van der Waals surface area contributed by atoms with Gasteiger partial charge < -0.3 is 24.6 Å². The summed E-state index contributed by atoms with van der Waals surface area (Å²) in [7, 11) is 0. The first kappa shape index (κ1) is 67.8. The highest BCUT2D eigenvalue weighted by Gasteiger charge is 2.35. The fraction of sp³-hybridized carbons (Fsp3) is 0.934. The lowest BCUT2D eigenvalue weighted by Crippen LogP contribution is -2.57. The fourth-order valence-corrected chi connectivity index (χ4v) is 9.51. The molecule has 2 N–H and O–H groups in total. The average molecular weight is 993 g/mol. The lowest BCUT2D eigenvalue weighted by molar-refractivity contribution is -0.157. The molecule has 0 fully saturated rings. The van der Waals surface area contributed by atoms with Gasteiger partial charge in [-0.1, -0.05) is 290 Å². The van der Waals surface area contributed by atoms with Crippen LogP contribution >= 0.6 is 0 Å². The summed E-state index contributed by atoms with van der Waals surface area (Å²) < 4.78 is 17.4. The van der Waals surface area contributed by atoms with Crippen molar-refractivity contribution in [1.82, 2.24) is 5.32 Å². The number of hydrogen-bond donors (Lipinski definition) is 2. The molecule has 0 aliphatic carbocycles. The van der Waals surface area contributed by atoms with Gasteiger partial charge in [-0.2, -0.15) is 0 Å². The lowest BCUT2D eigenvalue weighted by Gasteiger charge is -2.33. The van der Waals surface area contributed by atoms with Crippen LogP contribution in [0.25, 0.3) is 0 Å². The van der Waals surface area contributed by atoms with Gasteiger partial charge in [0.25, 0.3) is 0 Å². The van der Waals surface area contributed by atoms with E-state index < -0.39 is 11.5 Å². The molecule has 0 aliphatic heterocycles. The number of hydrogen-bond acceptors (Lipinski definition) is 8. The van der Waals surface area contributed by atoms with E-state index in [2.05, 4.69) is 26.1 Å². The van der Waals surface area contributed by atoms with Crippen LogP contribution in [0.3, 0.4) is 0 Å². The molecule has 0 aromatic carbocycles. The van der Waals surface area contributed by atoms with Gasteiger partial charge in [-0.05, 0) is 19.3 Å². The van der Waals surface area contributed by atoms with Crippen LogP contribution in [-0.4, -0.2) is 60.9 Å². The number of carboxylic acid groups (broad SMARTS) is 1. The second-order valence-corrected chi connectivity index (χ2v) is 21.4. The number of nitrogens with one attached hydrogen (secondary N) is 1. The van der Waals surface area contributed by atoms with E-state index in [9.17, 15) is 24.3 Å². The van der Waals surface area contributed by atoms with E-state index >= 15 is 0 Å². The molecule has 0 atom stereocenters. The molecule has 0 aliphatic rings. The molecule has 0 rings (SSSR count). The first-order chi connectivity index (χ1) is 34.3. The topological polar surface area (TPSA) is 128 Å².